The van der Waals surface area contributed by atoms with Crippen molar-refractivity contribution in [2.24, 2.45) is 11.8 Å². The number of carbonyl (C=O) groups excluding carboxylic acids is 1. The molecule has 1 rings (SSSR count). The van der Waals surface area contributed by atoms with Crippen LogP contribution in [0.15, 0.2) is 22.7 Å². The van der Waals surface area contributed by atoms with Crippen molar-refractivity contribution in [3.8, 4) is 5.75 Å². The Bertz CT molecular complexity index is 421. The molecule has 18 heavy (non-hydrogen) atoms. The average molecular weight is 316 g/mol. The number of aliphatic hydroxyl groups is 1. The Morgan fingerprint density at radius 1 is 1.50 bits per heavy atom. The van der Waals surface area contributed by atoms with Gasteiger partial charge in [-0.1, -0.05) is 29.8 Å². The molecular formula is C13H18BrNO3. The molecule has 0 heterocycles. The van der Waals surface area contributed by atoms with Gasteiger partial charge in [0.25, 0.3) is 0 Å². The second kappa shape index (κ2) is 6.75. The Balaban J connectivity index is 2.89. The highest BCUT2D eigenvalue weighted by atomic mass is 79.9. The lowest BCUT2D eigenvalue weighted by atomic mass is 9.96. The van der Waals surface area contributed by atoms with Crippen molar-refractivity contribution in [1.82, 2.24) is 0 Å². The second-order valence-electron chi connectivity index (χ2n) is 4.37. The highest BCUT2D eigenvalue weighted by Crippen LogP contribution is 2.28. The summed E-state index contributed by atoms with van der Waals surface area (Å²) in [6, 6.07) is 5.37. The quantitative estimate of drug-likeness (QED) is 0.878. The molecule has 1 amide bonds. The maximum atomic E-state index is 12.0. The van der Waals surface area contributed by atoms with Crippen molar-refractivity contribution < 1.29 is 14.6 Å². The standard InChI is InChI=1S/C13H18BrNO3/c1-8(2)10(7-16)13(17)15-11-6-9(14)4-5-12(11)18-3/h4-6,8,10,16H,7H2,1-3H3,(H,15,17). The van der Waals surface area contributed by atoms with Crippen LogP contribution in [-0.2, 0) is 4.79 Å². The van der Waals surface area contributed by atoms with Crippen LogP contribution in [0.5, 0.6) is 5.75 Å². The smallest absolute Gasteiger partial charge is 0.230 e. The monoisotopic (exact) mass is 315 g/mol. The summed E-state index contributed by atoms with van der Waals surface area (Å²) in [6.45, 7) is 3.64. The molecular weight excluding hydrogens is 298 g/mol. The molecule has 2 N–H and O–H groups in total. The van der Waals surface area contributed by atoms with E-state index in [9.17, 15) is 9.90 Å². The fourth-order valence-corrected chi connectivity index (χ4v) is 1.96. The van der Waals surface area contributed by atoms with Crippen LogP contribution in [0.2, 0.25) is 0 Å². The van der Waals surface area contributed by atoms with Crippen LogP contribution in [0.4, 0.5) is 5.69 Å². The van der Waals surface area contributed by atoms with E-state index in [1.54, 1.807) is 19.2 Å². The van der Waals surface area contributed by atoms with E-state index < -0.39 is 5.92 Å². The maximum Gasteiger partial charge on any atom is 0.230 e. The Morgan fingerprint density at radius 3 is 2.67 bits per heavy atom. The molecule has 0 aliphatic heterocycles. The van der Waals surface area contributed by atoms with Gasteiger partial charge in [0.2, 0.25) is 5.91 Å². The zero-order valence-corrected chi connectivity index (χ0v) is 12.3. The summed E-state index contributed by atoms with van der Waals surface area (Å²) in [5, 5.41) is 12.0. The number of carbonyl (C=O) groups is 1. The highest BCUT2D eigenvalue weighted by molar-refractivity contribution is 9.10. The van der Waals surface area contributed by atoms with E-state index in [2.05, 4.69) is 21.2 Å². The molecule has 1 aromatic carbocycles. The summed E-state index contributed by atoms with van der Waals surface area (Å²) in [5.74, 6) is 0.0396. The van der Waals surface area contributed by atoms with Gasteiger partial charge in [-0.25, -0.2) is 0 Å². The first-order valence-electron chi connectivity index (χ1n) is 5.74. The van der Waals surface area contributed by atoms with E-state index in [4.69, 9.17) is 4.74 Å². The van der Waals surface area contributed by atoms with Crippen LogP contribution >= 0.6 is 15.9 Å². The average Bonchev–Trinajstić information content (AvgIpc) is 2.29. The van der Waals surface area contributed by atoms with Crippen molar-refractivity contribution in [1.29, 1.82) is 0 Å². The van der Waals surface area contributed by atoms with Gasteiger partial charge in [0.05, 0.1) is 25.3 Å². The van der Waals surface area contributed by atoms with Crippen molar-refractivity contribution in [2.75, 3.05) is 19.0 Å². The highest BCUT2D eigenvalue weighted by Gasteiger charge is 2.22. The van der Waals surface area contributed by atoms with Crippen LogP contribution in [0.1, 0.15) is 13.8 Å². The third-order valence-electron chi connectivity index (χ3n) is 2.76. The molecule has 4 nitrogen and oxygen atoms in total. The van der Waals surface area contributed by atoms with Crippen LogP contribution in [0.25, 0.3) is 0 Å². The lowest BCUT2D eigenvalue weighted by Gasteiger charge is -2.18. The summed E-state index contributed by atoms with van der Waals surface area (Å²) in [7, 11) is 1.55. The molecule has 0 spiro atoms. The number of rotatable bonds is 5. The maximum absolute atomic E-state index is 12.0. The molecule has 100 valence electrons. The lowest BCUT2D eigenvalue weighted by Crippen LogP contribution is -2.29. The Morgan fingerprint density at radius 2 is 2.17 bits per heavy atom. The molecule has 0 aliphatic rings. The van der Waals surface area contributed by atoms with Crippen LogP contribution in [0, 0.1) is 11.8 Å². The van der Waals surface area contributed by atoms with E-state index in [0.717, 1.165) is 4.47 Å². The minimum atomic E-state index is -0.423. The molecule has 0 aromatic heterocycles. The number of halogens is 1. The van der Waals surface area contributed by atoms with Gasteiger partial charge < -0.3 is 15.2 Å². The van der Waals surface area contributed by atoms with Gasteiger partial charge in [-0.2, -0.15) is 0 Å². The van der Waals surface area contributed by atoms with Crippen molar-refractivity contribution in [3.05, 3.63) is 22.7 Å². The number of anilines is 1. The predicted molar refractivity (Wildman–Crippen MR) is 74.7 cm³/mol. The van der Waals surface area contributed by atoms with Crippen LogP contribution in [-0.4, -0.2) is 24.7 Å². The number of methoxy groups -OCH3 is 1. The summed E-state index contributed by atoms with van der Waals surface area (Å²) in [4.78, 5) is 12.0. The molecule has 0 aliphatic carbocycles. The van der Waals surface area contributed by atoms with Crippen LogP contribution < -0.4 is 10.1 Å². The van der Waals surface area contributed by atoms with Gasteiger partial charge in [0.15, 0.2) is 0 Å². The third kappa shape index (κ3) is 3.71. The topological polar surface area (TPSA) is 58.6 Å². The molecule has 1 unspecified atom stereocenters. The van der Waals surface area contributed by atoms with Crippen molar-refractivity contribution in [3.63, 3.8) is 0 Å². The first kappa shape index (κ1) is 15.0. The van der Waals surface area contributed by atoms with Gasteiger partial charge >= 0.3 is 0 Å². The van der Waals surface area contributed by atoms with Gasteiger partial charge in [0.1, 0.15) is 5.75 Å². The molecule has 0 saturated heterocycles. The van der Waals surface area contributed by atoms with E-state index in [1.165, 1.54) is 0 Å². The SMILES string of the molecule is COc1ccc(Br)cc1NC(=O)C(CO)C(C)C. The number of nitrogens with one attached hydrogen (secondary N) is 1. The van der Waals surface area contributed by atoms with Gasteiger partial charge in [0, 0.05) is 4.47 Å². The first-order chi connectivity index (χ1) is 8.49. The molecule has 0 fully saturated rings. The Labute approximate surface area is 115 Å². The summed E-state index contributed by atoms with van der Waals surface area (Å²) in [5.41, 5.74) is 0.593. The number of aliphatic hydroxyl groups excluding tert-OH is 1. The lowest BCUT2D eigenvalue weighted by molar-refractivity contribution is -0.122. The number of benzene rings is 1. The number of hydrogen-bond donors (Lipinski definition) is 2. The van der Waals surface area contributed by atoms with Crippen LogP contribution in [0.3, 0.4) is 0 Å². The molecule has 0 bridgehead atoms. The van der Waals surface area contributed by atoms with Gasteiger partial charge in [-0.3, -0.25) is 4.79 Å². The van der Waals surface area contributed by atoms with E-state index >= 15 is 0 Å². The van der Waals surface area contributed by atoms with E-state index in [-0.39, 0.29) is 18.4 Å². The minimum absolute atomic E-state index is 0.0770. The largest absolute Gasteiger partial charge is 0.495 e. The summed E-state index contributed by atoms with van der Waals surface area (Å²) < 4.78 is 6.03. The number of amides is 1. The fourth-order valence-electron chi connectivity index (χ4n) is 1.60. The predicted octanol–water partition coefficient (Wildman–Crippen LogP) is 2.66. The van der Waals surface area contributed by atoms with Gasteiger partial charge in [-0.15, -0.1) is 0 Å². The molecule has 1 aromatic rings. The molecule has 0 radical (unpaired) electrons. The zero-order chi connectivity index (χ0) is 13.7. The third-order valence-corrected chi connectivity index (χ3v) is 3.25. The molecule has 0 saturated carbocycles. The van der Waals surface area contributed by atoms with Crippen molar-refractivity contribution >= 4 is 27.5 Å². The number of hydrogen-bond acceptors (Lipinski definition) is 3. The summed E-state index contributed by atoms with van der Waals surface area (Å²) >= 11 is 3.34. The molecule has 1 atom stereocenters. The Kier molecular flexibility index (Phi) is 5.62. The summed E-state index contributed by atoms with van der Waals surface area (Å²) in [6.07, 6.45) is 0. The first-order valence-corrected chi connectivity index (χ1v) is 6.54. The number of ether oxygens (including phenoxy) is 1. The van der Waals surface area contributed by atoms with Gasteiger partial charge in [-0.05, 0) is 24.1 Å². The second-order valence-corrected chi connectivity index (χ2v) is 5.28. The fraction of sp³-hybridized carbons (Fsp3) is 0.462. The normalized spacial score (nSPS) is 12.3. The molecule has 5 heteroatoms. The van der Waals surface area contributed by atoms with E-state index in [0.29, 0.717) is 11.4 Å². The minimum Gasteiger partial charge on any atom is -0.495 e. The zero-order valence-electron chi connectivity index (χ0n) is 10.7. The van der Waals surface area contributed by atoms with Crippen molar-refractivity contribution in [2.45, 2.75) is 13.8 Å². The van der Waals surface area contributed by atoms with E-state index in [1.807, 2.05) is 19.9 Å². The Hall–Kier alpha value is -1.07.